The van der Waals surface area contributed by atoms with Gasteiger partial charge in [0, 0.05) is 26.2 Å². The number of fused-ring (bicyclic) bond motifs is 1. The van der Waals surface area contributed by atoms with Crippen LogP contribution in [0.1, 0.15) is 28.3 Å². The van der Waals surface area contributed by atoms with Crippen LogP contribution in [0, 0.1) is 6.92 Å². The molecule has 1 aromatic carbocycles. The minimum absolute atomic E-state index is 0.0840. The average Bonchev–Trinajstić information content (AvgIpc) is 3.29. The Morgan fingerprint density at radius 1 is 1.36 bits per heavy atom. The molecule has 0 saturated carbocycles. The van der Waals surface area contributed by atoms with Crippen LogP contribution in [0.25, 0.3) is 10.2 Å². The van der Waals surface area contributed by atoms with Gasteiger partial charge in [-0.25, -0.2) is 9.97 Å². The van der Waals surface area contributed by atoms with Gasteiger partial charge in [0.25, 0.3) is 5.91 Å². The Hall–Kier alpha value is -2.94. The van der Waals surface area contributed by atoms with Crippen molar-refractivity contribution in [2.75, 3.05) is 20.1 Å². The summed E-state index contributed by atoms with van der Waals surface area (Å²) < 4.78 is 12.2. The number of carbonyl (C=O) groups is 2. The zero-order valence-electron chi connectivity index (χ0n) is 15.8. The van der Waals surface area contributed by atoms with Gasteiger partial charge in [0.2, 0.25) is 11.8 Å². The van der Waals surface area contributed by atoms with E-state index in [-0.39, 0.29) is 24.1 Å². The largest absolute Gasteiger partial charge is 0.484 e. The van der Waals surface area contributed by atoms with Crippen molar-refractivity contribution >= 4 is 33.4 Å². The number of rotatable bonds is 4. The highest BCUT2D eigenvalue weighted by Crippen LogP contribution is 2.26. The first-order valence-electron chi connectivity index (χ1n) is 8.92. The normalized spacial score (nSPS) is 17.4. The van der Waals surface area contributed by atoms with Crippen molar-refractivity contribution in [1.29, 1.82) is 0 Å². The Labute approximate surface area is 165 Å². The maximum absolute atomic E-state index is 12.7. The second-order valence-electron chi connectivity index (χ2n) is 6.71. The molecule has 1 unspecified atom stereocenters. The molecule has 3 heterocycles. The first kappa shape index (κ1) is 18.4. The van der Waals surface area contributed by atoms with E-state index in [1.54, 1.807) is 30.2 Å². The lowest BCUT2D eigenvalue weighted by atomic mass is 10.1. The summed E-state index contributed by atoms with van der Waals surface area (Å²) in [6, 6.07) is 5.18. The lowest BCUT2D eigenvalue weighted by Crippen LogP contribution is -2.56. The van der Waals surface area contributed by atoms with Gasteiger partial charge in [-0.2, -0.15) is 0 Å². The Bertz CT molecular complexity index is 1040. The number of hydrogen-bond acceptors (Lipinski definition) is 7. The molecule has 1 aliphatic heterocycles. The van der Waals surface area contributed by atoms with Crippen molar-refractivity contribution in [3.63, 3.8) is 0 Å². The van der Waals surface area contributed by atoms with E-state index in [4.69, 9.17) is 9.15 Å². The second-order valence-corrected chi connectivity index (χ2v) is 7.95. The third-order valence-corrected chi connectivity index (χ3v) is 5.69. The van der Waals surface area contributed by atoms with Gasteiger partial charge in [-0.1, -0.05) is 0 Å². The molecular formula is C19H20N4O4S. The van der Waals surface area contributed by atoms with Crippen LogP contribution in [0.2, 0.25) is 0 Å². The third kappa shape index (κ3) is 3.45. The lowest BCUT2D eigenvalue weighted by molar-refractivity contribution is -0.137. The van der Waals surface area contributed by atoms with Gasteiger partial charge >= 0.3 is 0 Å². The van der Waals surface area contributed by atoms with Gasteiger partial charge in [-0.15, -0.1) is 11.3 Å². The highest BCUT2D eigenvalue weighted by atomic mass is 32.1. The van der Waals surface area contributed by atoms with Gasteiger partial charge < -0.3 is 19.0 Å². The first-order chi connectivity index (χ1) is 13.4. The number of hydrogen-bond donors (Lipinski definition) is 0. The molecule has 8 nitrogen and oxygen atoms in total. The fourth-order valence-electron chi connectivity index (χ4n) is 3.17. The van der Waals surface area contributed by atoms with Crippen molar-refractivity contribution in [1.82, 2.24) is 19.8 Å². The third-order valence-electron chi connectivity index (χ3n) is 4.74. The summed E-state index contributed by atoms with van der Waals surface area (Å²) in [5.41, 5.74) is 1.06. The minimum atomic E-state index is -0.518. The van der Waals surface area contributed by atoms with E-state index >= 15 is 0 Å². The number of amides is 2. The van der Waals surface area contributed by atoms with Gasteiger partial charge in [0.1, 0.15) is 18.1 Å². The lowest BCUT2D eigenvalue weighted by Gasteiger charge is -2.36. The molecule has 0 N–H and O–H groups in total. The average molecular weight is 400 g/mol. The fourth-order valence-corrected chi connectivity index (χ4v) is 3.98. The number of aromatic nitrogens is 2. The van der Waals surface area contributed by atoms with Gasteiger partial charge in [0.15, 0.2) is 12.3 Å². The van der Waals surface area contributed by atoms with Gasteiger partial charge in [0.05, 0.1) is 15.2 Å². The predicted octanol–water partition coefficient (Wildman–Crippen LogP) is 2.47. The Kier molecular flexibility index (Phi) is 4.76. The van der Waals surface area contributed by atoms with Crippen molar-refractivity contribution in [2.45, 2.75) is 26.5 Å². The molecule has 1 aliphatic rings. The molecule has 2 amide bonds. The minimum Gasteiger partial charge on any atom is -0.484 e. The molecule has 1 atom stereocenters. The van der Waals surface area contributed by atoms with Crippen LogP contribution < -0.4 is 4.74 Å². The van der Waals surface area contributed by atoms with Crippen LogP contribution in [0.15, 0.2) is 28.9 Å². The number of aryl methyl sites for hydroxylation is 1. The van der Waals surface area contributed by atoms with Crippen LogP contribution in [-0.4, -0.2) is 57.8 Å². The zero-order chi connectivity index (χ0) is 19.8. The van der Waals surface area contributed by atoms with Gasteiger partial charge in [-0.3, -0.25) is 9.59 Å². The van der Waals surface area contributed by atoms with E-state index in [0.29, 0.717) is 24.7 Å². The summed E-state index contributed by atoms with van der Waals surface area (Å²) in [7, 11) is 1.73. The standard InChI is InChI=1S/C19H20N4O4S/c1-11-18(24)22(3)6-7-23(11)19(25)15-9-27-17(21-15)10-26-13-4-5-16-14(8-13)20-12(2)28-16/h4-5,8-9,11H,6-7,10H2,1-3H3. The number of oxazole rings is 1. The highest BCUT2D eigenvalue weighted by molar-refractivity contribution is 7.18. The number of thiazole rings is 1. The fraction of sp³-hybridized carbons (Fsp3) is 0.368. The van der Waals surface area contributed by atoms with Crippen molar-refractivity contribution in [3.8, 4) is 5.75 Å². The molecule has 1 fully saturated rings. The van der Waals surface area contributed by atoms with Crippen LogP contribution in [-0.2, 0) is 11.4 Å². The number of ether oxygens (including phenoxy) is 1. The molecule has 1 saturated heterocycles. The quantitative estimate of drug-likeness (QED) is 0.668. The molecule has 2 aromatic heterocycles. The van der Waals surface area contributed by atoms with Crippen LogP contribution in [0.4, 0.5) is 0 Å². The van der Waals surface area contributed by atoms with Crippen molar-refractivity contribution in [3.05, 3.63) is 41.1 Å². The van der Waals surface area contributed by atoms with E-state index in [2.05, 4.69) is 9.97 Å². The van der Waals surface area contributed by atoms with Crippen LogP contribution in [0.3, 0.4) is 0 Å². The maximum Gasteiger partial charge on any atom is 0.276 e. The number of likely N-dealkylation sites (N-methyl/N-ethyl adjacent to an activating group) is 1. The summed E-state index contributed by atoms with van der Waals surface area (Å²) in [6.45, 7) is 4.75. The summed E-state index contributed by atoms with van der Waals surface area (Å²) in [5, 5.41) is 1.000. The predicted molar refractivity (Wildman–Crippen MR) is 103 cm³/mol. The highest BCUT2D eigenvalue weighted by Gasteiger charge is 2.34. The Morgan fingerprint density at radius 2 is 2.18 bits per heavy atom. The van der Waals surface area contributed by atoms with Gasteiger partial charge in [-0.05, 0) is 26.0 Å². The number of piperazine rings is 1. The van der Waals surface area contributed by atoms with E-state index in [1.165, 1.54) is 11.2 Å². The SMILES string of the molecule is Cc1nc2cc(OCc3nc(C(=O)N4CCN(C)C(=O)C4C)co3)ccc2s1. The Balaban J connectivity index is 1.42. The number of carbonyl (C=O) groups excluding carboxylic acids is 2. The van der Waals surface area contributed by atoms with E-state index < -0.39 is 6.04 Å². The molecule has 28 heavy (non-hydrogen) atoms. The summed E-state index contributed by atoms with van der Waals surface area (Å²) >= 11 is 1.63. The molecule has 0 aliphatic carbocycles. The summed E-state index contributed by atoms with van der Waals surface area (Å²) in [4.78, 5) is 36.6. The molecule has 0 bridgehead atoms. The van der Waals surface area contributed by atoms with Crippen molar-refractivity contribution in [2.24, 2.45) is 0 Å². The Morgan fingerprint density at radius 3 is 3.00 bits per heavy atom. The second kappa shape index (κ2) is 7.23. The molecule has 0 spiro atoms. The molecular weight excluding hydrogens is 380 g/mol. The van der Waals surface area contributed by atoms with Crippen LogP contribution >= 0.6 is 11.3 Å². The molecule has 4 rings (SSSR count). The summed E-state index contributed by atoms with van der Waals surface area (Å²) in [6.07, 6.45) is 1.31. The van der Waals surface area contributed by atoms with E-state index in [1.807, 2.05) is 25.1 Å². The van der Waals surface area contributed by atoms with Crippen LogP contribution in [0.5, 0.6) is 5.75 Å². The van der Waals surface area contributed by atoms with Crippen molar-refractivity contribution < 1.29 is 18.7 Å². The molecule has 9 heteroatoms. The monoisotopic (exact) mass is 400 g/mol. The maximum atomic E-state index is 12.7. The molecule has 0 radical (unpaired) electrons. The topological polar surface area (TPSA) is 88.8 Å². The number of nitrogens with zero attached hydrogens (tertiary/aromatic N) is 4. The van der Waals surface area contributed by atoms with E-state index in [0.717, 1.165) is 15.2 Å². The zero-order valence-corrected chi connectivity index (χ0v) is 16.7. The summed E-state index contributed by atoms with van der Waals surface area (Å²) in [5.74, 6) is 0.552. The molecule has 3 aromatic rings. The number of benzene rings is 1. The van der Waals surface area contributed by atoms with E-state index in [9.17, 15) is 9.59 Å². The smallest absolute Gasteiger partial charge is 0.276 e. The first-order valence-corrected chi connectivity index (χ1v) is 9.74. The molecule has 146 valence electrons.